The average Bonchev–Trinajstić information content (AvgIpc) is 3.45. The van der Waals surface area contributed by atoms with Crippen LogP contribution in [0.2, 0.25) is 0 Å². The molecule has 2 aromatic rings. The number of likely N-dealkylation sites (tertiary alicyclic amines) is 1. The number of β-amino-alcohol motifs (C(OH)–C–C–N with tert-alkyl or cyclic N) is 1. The second-order valence-corrected chi connectivity index (χ2v) is 10.3. The highest BCUT2D eigenvalue weighted by Crippen LogP contribution is 2.55. The summed E-state index contributed by atoms with van der Waals surface area (Å²) in [5.74, 6) is -0.113. The number of carboxylic acids is 1. The first-order valence-corrected chi connectivity index (χ1v) is 12.4. The van der Waals surface area contributed by atoms with Crippen LogP contribution >= 0.6 is 0 Å². The minimum absolute atomic E-state index is 0.00898. The number of aliphatic hydroxyl groups excluding tert-OH is 1. The normalized spacial score (nSPS) is 24.5. The Morgan fingerprint density at radius 2 is 2.15 bits per heavy atom. The van der Waals surface area contributed by atoms with Gasteiger partial charge in [-0.2, -0.15) is 0 Å². The lowest BCUT2D eigenvalue weighted by molar-refractivity contribution is 0.0692. The van der Waals surface area contributed by atoms with Crippen molar-refractivity contribution in [3.05, 3.63) is 52.8 Å². The number of anilines is 1. The molecule has 2 aliphatic heterocycles. The summed E-state index contributed by atoms with van der Waals surface area (Å²) >= 11 is 0. The second-order valence-electron chi connectivity index (χ2n) is 9.13. The van der Waals surface area contributed by atoms with Crippen LogP contribution in [0.3, 0.4) is 0 Å². The van der Waals surface area contributed by atoms with E-state index in [1.807, 2.05) is 6.07 Å². The van der Waals surface area contributed by atoms with Crippen LogP contribution in [0.1, 0.15) is 40.2 Å². The zero-order valence-electron chi connectivity index (χ0n) is 18.1. The van der Waals surface area contributed by atoms with E-state index in [1.54, 1.807) is 6.07 Å². The molecule has 3 aliphatic rings. The number of fused-ring (bicyclic) bond motifs is 3. The minimum atomic E-state index is -1.78. The fourth-order valence-electron chi connectivity index (χ4n) is 5.12. The van der Waals surface area contributed by atoms with Crippen molar-refractivity contribution < 1.29 is 28.3 Å². The number of aromatic carboxylic acids is 1. The van der Waals surface area contributed by atoms with Crippen LogP contribution in [-0.2, 0) is 17.4 Å². The van der Waals surface area contributed by atoms with Gasteiger partial charge in [-0.1, -0.05) is 6.07 Å². The van der Waals surface area contributed by atoms with Crippen molar-refractivity contribution in [2.45, 2.75) is 30.1 Å². The Morgan fingerprint density at radius 3 is 2.94 bits per heavy atom. The van der Waals surface area contributed by atoms with E-state index in [0.29, 0.717) is 47.6 Å². The SMILES string of the molecule is O=C(O)c1c(NS(=O)c2ccc(F)cc2C[C@@H]2CCN(CCO)C2)ccc2c1OC[C@@H]1C[C@H]21. The molecule has 2 heterocycles. The third kappa shape index (κ3) is 4.49. The molecule has 1 saturated heterocycles. The van der Waals surface area contributed by atoms with E-state index >= 15 is 0 Å². The van der Waals surface area contributed by atoms with Gasteiger partial charge in [-0.3, -0.25) is 0 Å². The summed E-state index contributed by atoms with van der Waals surface area (Å²) in [6, 6.07) is 7.68. The molecular weight excluding hydrogens is 447 g/mol. The molecule has 0 radical (unpaired) electrons. The third-order valence-corrected chi connectivity index (χ3v) is 8.09. The van der Waals surface area contributed by atoms with Crippen molar-refractivity contribution >= 4 is 22.6 Å². The fraction of sp³-hybridized carbons (Fsp3) is 0.458. The van der Waals surface area contributed by atoms with Crippen LogP contribution in [0.4, 0.5) is 10.1 Å². The van der Waals surface area contributed by atoms with Crippen molar-refractivity contribution in [3.63, 3.8) is 0 Å². The molecule has 4 atom stereocenters. The number of aliphatic hydroxyl groups is 1. The molecule has 1 aliphatic carbocycles. The topological polar surface area (TPSA) is 99.1 Å². The van der Waals surface area contributed by atoms with Gasteiger partial charge in [0, 0.05) is 19.0 Å². The van der Waals surface area contributed by atoms with Crippen molar-refractivity contribution in [3.8, 4) is 5.75 Å². The first-order chi connectivity index (χ1) is 15.9. The van der Waals surface area contributed by atoms with Crippen molar-refractivity contribution in [1.29, 1.82) is 0 Å². The van der Waals surface area contributed by atoms with Crippen molar-refractivity contribution in [2.24, 2.45) is 11.8 Å². The number of rotatable bonds is 8. The molecule has 3 N–H and O–H groups in total. The molecule has 2 fully saturated rings. The average molecular weight is 475 g/mol. The maximum Gasteiger partial charge on any atom is 0.341 e. The third-order valence-electron chi connectivity index (χ3n) is 6.89. The molecule has 1 unspecified atom stereocenters. The molecule has 0 bridgehead atoms. The second kappa shape index (κ2) is 9.04. The maximum atomic E-state index is 14.1. The van der Waals surface area contributed by atoms with Crippen LogP contribution < -0.4 is 9.46 Å². The number of nitrogens with zero attached hydrogens (tertiary/aromatic N) is 1. The summed E-state index contributed by atoms with van der Waals surface area (Å²) in [4.78, 5) is 14.7. The molecule has 0 spiro atoms. The van der Waals surface area contributed by atoms with E-state index in [9.17, 15) is 18.5 Å². The van der Waals surface area contributed by atoms with E-state index in [1.165, 1.54) is 18.2 Å². The molecular formula is C24H27FN2O5S. The lowest BCUT2D eigenvalue weighted by Crippen LogP contribution is -2.24. The smallest absolute Gasteiger partial charge is 0.341 e. The van der Waals surface area contributed by atoms with Gasteiger partial charge >= 0.3 is 5.97 Å². The molecule has 5 rings (SSSR count). The zero-order chi connectivity index (χ0) is 23.1. The van der Waals surface area contributed by atoms with Crippen LogP contribution in [-0.4, -0.2) is 58.1 Å². The number of nitrogens with one attached hydrogen (secondary N) is 1. The van der Waals surface area contributed by atoms with Crippen LogP contribution in [0.25, 0.3) is 0 Å². The number of hydrogen-bond acceptors (Lipinski definition) is 5. The van der Waals surface area contributed by atoms with Crippen LogP contribution in [0.5, 0.6) is 5.75 Å². The monoisotopic (exact) mass is 474 g/mol. The number of halogens is 1. The Kier molecular flexibility index (Phi) is 6.11. The van der Waals surface area contributed by atoms with Gasteiger partial charge < -0.3 is 24.6 Å². The molecule has 33 heavy (non-hydrogen) atoms. The summed E-state index contributed by atoms with van der Waals surface area (Å²) < 4.78 is 36.0. The molecule has 176 valence electrons. The largest absolute Gasteiger partial charge is 0.492 e. The molecule has 0 amide bonds. The van der Waals surface area contributed by atoms with E-state index in [-0.39, 0.29) is 23.8 Å². The molecule has 7 nitrogen and oxygen atoms in total. The predicted octanol–water partition coefficient (Wildman–Crippen LogP) is 3.01. The van der Waals surface area contributed by atoms with Gasteiger partial charge in [0.2, 0.25) is 0 Å². The van der Waals surface area contributed by atoms with Crippen LogP contribution in [0.15, 0.2) is 35.2 Å². The summed E-state index contributed by atoms with van der Waals surface area (Å²) in [6.07, 6.45) is 2.48. The number of carboxylic acid groups (broad SMARTS) is 1. The highest BCUT2D eigenvalue weighted by Gasteiger charge is 2.45. The summed E-state index contributed by atoms with van der Waals surface area (Å²) in [5.41, 5.74) is 1.76. The van der Waals surface area contributed by atoms with Crippen molar-refractivity contribution in [2.75, 3.05) is 37.6 Å². The maximum absolute atomic E-state index is 14.1. The molecule has 0 aromatic heterocycles. The Labute approximate surface area is 194 Å². The molecule has 9 heteroatoms. The first-order valence-electron chi connectivity index (χ1n) is 11.3. The summed E-state index contributed by atoms with van der Waals surface area (Å²) in [7, 11) is -1.78. The summed E-state index contributed by atoms with van der Waals surface area (Å²) in [5, 5.41) is 19.0. The van der Waals surface area contributed by atoms with Gasteiger partial charge in [-0.25, -0.2) is 13.4 Å². The van der Waals surface area contributed by atoms with Gasteiger partial charge in [0.15, 0.2) is 11.0 Å². The predicted molar refractivity (Wildman–Crippen MR) is 122 cm³/mol. The van der Waals surface area contributed by atoms with Gasteiger partial charge in [0.25, 0.3) is 0 Å². The van der Waals surface area contributed by atoms with E-state index in [4.69, 9.17) is 9.84 Å². The Balaban J connectivity index is 1.39. The Hall–Kier alpha value is -2.49. The van der Waals surface area contributed by atoms with Gasteiger partial charge in [0.05, 0.1) is 23.8 Å². The Bertz CT molecular complexity index is 1110. The quantitative estimate of drug-likeness (QED) is 0.544. The highest BCUT2D eigenvalue weighted by atomic mass is 32.2. The first kappa shape index (κ1) is 22.3. The zero-order valence-corrected chi connectivity index (χ0v) is 18.9. The standard InChI is InChI=1S/C24H27FN2O5S/c25-17-1-4-21(15(10-17)9-14-5-6-27(12-14)7-8-28)33(31)26-20-3-2-18-19-11-16(19)13-32-23(18)22(20)24(29)30/h1-4,10,14,16,19,26,28H,5-9,11-13H2,(H,29,30)/t14-,16-,19-,33?/m0/s1. The molecule has 1 saturated carbocycles. The minimum Gasteiger partial charge on any atom is -0.492 e. The van der Waals surface area contributed by atoms with Crippen molar-refractivity contribution in [1.82, 2.24) is 4.90 Å². The van der Waals surface area contributed by atoms with E-state index in [0.717, 1.165) is 31.5 Å². The lowest BCUT2D eigenvalue weighted by atomic mass is 9.98. The molecule has 2 aromatic carbocycles. The van der Waals surface area contributed by atoms with E-state index in [2.05, 4.69) is 9.62 Å². The van der Waals surface area contributed by atoms with Gasteiger partial charge in [-0.15, -0.1) is 0 Å². The number of hydrogen-bond donors (Lipinski definition) is 3. The fourth-order valence-corrected chi connectivity index (χ4v) is 6.18. The van der Waals surface area contributed by atoms with Gasteiger partial charge in [-0.05, 0) is 73.0 Å². The van der Waals surface area contributed by atoms with Crippen LogP contribution in [0, 0.1) is 17.7 Å². The lowest BCUT2D eigenvalue weighted by Gasteiger charge is -2.21. The number of carbonyl (C=O) groups is 1. The summed E-state index contributed by atoms with van der Waals surface area (Å²) in [6.45, 7) is 2.88. The number of benzene rings is 2. The van der Waals surface area contributed by atoms with E-state index < -0.39 is 22.8 Å². The highest BCUT2D eigenvalue weighted by molar-refractivity contribution is 7.86. The van der Waals surface area contributed by atoms with Gasteiger partial charge in [0.1, 0.15) is 17.1 Å². The number of ether oxygens (including phenoxy) is 1. The Morgan fingerprint density at radius 1 is 1.30 bits per heavy atom.